The quantitative estimate of drug-likeness (QED) is 0.285. The second-order valence-electron chi connectivity index (χ2n) is 8.85. The fourth-order valence-corrected chi connectivity index (χ4v) is 4.79. The van der Waals surface area contributed by atoms with Crippen LogP contribution in [0.3, 0.4) is 0 Å². The third kappa shape index (κ3) is 7.68. The Morgan fingerprint density at radius 2 is 0.897 bits per heavy atom. The van der Waals surface area contributed by atoms with Crippen molar-refractivity contribution in [2.45, 2.75) is 23.6 Å². The topological polar surface area (TPSA) is 111 Å². The Balaban J connectivity index is 1.30. The highest BCUT2D eigenvalue weighted by molar-refractivity contribution is 7.91. The highest BCUT2D eigenvalue weighted by Gasteiger charge is 2.18. The van der Waals surface area contributed by atoms with Crippen molar-refractivity contribution >= 4 is 33.0 Å². The molecule has 0 fully saturated rings. The minimum absolute atomic E-state index is 0.0692. The molecule has 0 unspecified atom stereocenters. The highest BCUT2D eigenvalue weighted by atomic mass is 32.2. The zero-order chi connectivity index (χ0) is 27.8. The summed E-state index contributed by atoms with van der Waals surface area (Å²) < 4.78 is 37.0. The van der Waals surface area contributed by atoms with E-state index in [0.717, 1.165) is 11.1 Å². The molecule has 39 heavy (non-hydrogen) atoms. The van der Waals surface area contributed by atoms with Gasteiger partial charge in [-0.1, -0.05) is 35.4 Å². The van der Waals surface area contributed by atoms with Crippen molar-refractivity contribution in [3.8, 4) is 11.5 Å². The molecule has 0 saturated heterocycles. The summed E-state index contributed by atoms with van der Waals surface area (Å²) in [5.74, 6) is 0.429. The lowest BCUT2D eigenvalue weighted by atomic mass is 10.2. The van der Waals surface area contributed by atoms with Gasteiger partial charge in [0.15, 0.2) is 13.2 Å². The molecule has 0 aliphatic heterocycles. The van der Waals surface area contributed by atoms with E-state index in [1.54, 1.807) is 24.3 Å². The number of amides is 2. The Hall–Kier alpha value is -4.63. The molecular formula is C30H28N2O6S. The summed E-state index contributed by atoms with van der Waals surface area (Å²) >= 11 is 0. The summed E-state index contributed by atoms with van der Waals surface area (Å²) in [5.41, 5.74) is 3.06. The van der Waals surface area contributed by atoms with Crippen LogP contribution in [-0.2, 0) is 19.4 Å². The van der Waals surface area contributed by atoms with Gasteiger partial charge in [0, 0.05) is 11.4 Å². The molecule has 4 rings (SSSR count). The molecule has 0 saturated carbocycles. The summed E-state index contributed by atoms with van der Waals surface area (Å²) in [5, 5.41) is 5.36. The Labute approximate surface area is 227 Å². The van der Waals surface area contributed by atoms with Crippen LogP contribution in [0, 0.1) is 13.8 Å². The molecule has 0 aliphatic carbocycles. The maximum atomic E-state index is 13.1. The van der Waals surface area contributed by atoms with Crippen molar-refractivity contribution in [1.29, 1.82) is 0 Å². The molecule has 200 valence electrons. The van der Waals surface area contributed by atoms with E-state index in [1.807, 2.05) is 38.1 Å². The van der Waals surface area contributed by atoms with Crippen LogP contribution in [0.2, 0.25) is 0 Å². The zero-order valence-electron chi connectivity index (χ0n) is 21.5. The van der Waals surface area contributed by atoms with Crippen LogP contribution in [-0.4, -0.2) is 33.4 Å². The zero-order valence-corrected chi connectivity index (χ0v) is 22.3. The lowest BCUT2D eigenvalue weighted by molar-refractivity contribution is -0.118. The van der Waals surface area contributed by atoms with Crippen LogP contribution in [0.4, 0.5) is 11.4 Å². The van der Waals surface area contributed by atoms with Gasteiger partial charge in [-0.2, -0.15) is 0 Å². The van der Waals surface area contributed by atoms with E-state index in [4.69, 9.17) is 9.47 Å². The monoisotopic (exact) mass is 544 g/mol. The molecule has 4 aromatic rings. The number of ether oxygens (including phenoxy) is 2. The molecule has 0 aliphatic rings. The summed E-state index contributed by atoms with van der Waals surface area (Å²) in [7, 11) is -3.80. The van der Waals surface area contributed by atoms with Gasteiger partial charge in [-0.3, -0.25) is 9.59 Å². The van der Waals surface area contributed by atoms with E-state index in [-0.39, 0.29) is 34.8 Å². The Morgan fingerprint density at radius 3 is 1.23 bits per heavy atom. The number of benzene rings is 4. The van der Waals surface area contributed by atoms with Gasteiger partial charge in [0.05, 0.1) is 9.79 Å². The van der Waals surface area contributed by atoms with E-state index >= 15 is 0 Å². The third-order valence-corrected chi connectivity index (χ3v) is 7.46. The predicted octanol–water partition coefficient (Wildman–Crippen LogP) is 5.17. The first kappa shape index (κ1) is 27.4. The molecule has 0 heterocycles. The molecule has 4 aromatic carbocycles. The Morgan fingerprint density at radius 1 is 0.564 bits per heavy atom. The van der Waals surface area contributed by atoms with E-state index < -0.39 is 9.84 Å². The van der Waals surface area contributed by atoms with Crippen molar-refractivity contribution in [3.05, 3.63) is 108 Å². The van der Waals surface area contributed by atoms with Crippen LogP contribution >= 0.6 is 0 Å². The van der Waals surface area contributed by atoms with Gasteiger partial charge >= 0.3 is 0 Å². The largest absolute Gasteiger partial charge is 0.484 e. The maximum Gasteiger partial charge on any atom is 0.262 e. The molecule has 2 amide bonds. The van der Waals surface area contributed by atoms with E-state index in [0.29, 0.717) is 22.9 Å². The molecule has 2 N–H and O–H groups in total. The van der Waals surface area contributed by atoms with Gasteiger partial charge in [0.25, 0.3) is 11.8 Å². The van der Waals surface area contributed by atoms with Crippen molar-refractivity contribution in [3.63, 3.8) is 0 Å². The fourth-order valence-electron chi connectivity index (χ4n) is 3.53. The van der Waals surface area contributed by atoms with E-state index in [2.05, 4.69) is 10.6 Å². The Kier molecular flexibility index (Phi) is 8.63. The lowest BCUT2D eigenvalue weighted by Crippen LogP contribution is -2.20. The Bertz CT molecular complexity index is 1420. The number of carbonyl (C=O) groups excluding carboxylic acids is 2. The molecule has 0 atom stereocenters. The normalized spacial score (nSPS) is 10.9. The fraction of sp³-hybridized carbons (Fsp3) is 0.133. The molecule has 9 heteroatoms. The van der Waals surface area contributed by atoms with Gasteiger partial charge in [-0.25, -0.2) is 8.42 Å². The summed E-state index contributed by atoms with van der Waals surface area (Å²) in [6, 6.07) is 26.4. The van der Waals surface area contributed by atoms with Crippen LogP contribution in [0.5, 0.6) is 11.5 Å². The number of anilines is 2. The van der Waals surface area contributed by atoms with E-state index in [9.17, 15) is 18.0 Å². The molecule has 0 aromatic heterocycles. The number of hydrogen-bond donors (Lipinski definition) is 2. The minimum atomic E-state index is -3.80. The van der Waals surface area contributed by atoms with Crippen LogP contribution in [0.1, 0.15) is 11.1 Å². The molecule has 8 nitrogen and oxygen atoms in total. The predicted molar refractivity (Wildman–Crippen MR) is 149 cm³/mol. The molecular weight excluding hydrogens is 516 g/mol. The van der Waals surface area contributed by atoms with Crippen molar-refractivity contribution < 1.29 is 27.5 Å². The molecule has 0 bridgehead atoms. The lowest BCUT2D eigenvalue weighted by Gasteiger charge is -2.10. The van der Waals surface area contributed by atoms with Gasteiger partial charge in [0.1, 0.15) is 11.5 Å². The van der Waals surface area contributed by atoms with Crippen LogP contribution in [0.15, 0.2) is 107 Å². The van der Waals surface area contributed by atoms with Crippen LogP contribution in [0.25, 0.3) is 0 Å². The second kappa shape index (κ2) is 12.3. The number of nitrogens with one attached hydrogen (secondary N) is 2. The van der Waals surface area contributed by atoms with Gasteiger partial charge in [0.2, 0.25) is 9.84 Å². The number of carbonyl (C=O) groups is 2. The second-order valence-corrected chi connectivity index (χ2v) is 10.8. The first-order valence-corrected chi connectivity index (χ1v) is 13.6. The van der Waals surface area contributed by atoms with Crippen molar-refractivity contribution in [2.75, 3.05) is 23.8 Å². The number of rotatable bonds is 10. The summed E-state index contributed by atoms with van der Waals surface area (Å²) in [6.07, 6.45) is 0. The molecule has 0 radical (unpaired) electrons. The average molecular weight is 545 g/mol. The van der Waals surface area contributed by atoms with Crippen LogP contribution < -0.4 is 20.1 Å². The highest BCUT2D eigenvalue weighted by Crippen LogP contribution is 2.24. The minimum Gasteiger partial charge on any atom is -0.484 e. The van der Waals surface area contributed by atoms with Crippen molar-refractivity contribution in [1.82, 2.24) is 0 Å². The van der Waals surface area contributed by atoms with Gasteiger partial charge in [-0.15, -0.1) is 0 Å². The van der Waals surface area contributed by atoms with E-state index in [1.165, 1.54) is 48.5 Å². The average Bonchev–Trinajstić information content (AvgIpc) is 2.93. The maximum absolute atomic E-state index is 13.1. The third-order valence-electron chi connectivity index (χ3n) is 5.68. The number of sulfone groups is 1. The first-order chi connectivity index (χ1) is 18.7. The van der Waals surface area contributed by atoms with Crippen molar-refractivity contribution in [2.24, 2.45) is 0 Å². The first-order valence-electron chi connectivity index (χ1n) is 12.1. The number of hydrogen-bond acceptors (Lipinski definition) is 6. The molecule has 0 spiro atoms. The number of aryl methyl sites for hydroxylation is 2. The van der Waals surface area contributed by atoms with Gasteiger partial charge in [-0.05, 0) is 86.6 Å². The SMILES string of the molecule is Cc1ccc(OCC(=O)Nc2ccc(S(=O)(=O)c3ccc(NC(=O)COc4ccc(C)cc4)cc3)cc2)cc1. The smallest absolute Gasteiger partial charge is 0.262 e. The summed E-state index contributed by atoms with van der Waals surface area (Å²) in [4.78, 5) is 24.5. The standard InChI is InChI=1S/C30H28N2O6S/c1-21-3-11-25(12-4-21)37-19-29(33)31-23-7-15-27(16-8-23)39(35,36)28-17-9-24(10-18-28)32-30(34)20-38-26-13-5-22(2)6-14-26/h3-18H,19-20H2,1-2H3,(H,31,33)(H,32,34). The summed E-state index contributed by atoms with van der Waals surface area (Å²) in [6.45, 7) is 3.56. The van der Waals surface area contributed by atoms with Gasteiger partial charge < -0.3 is 20.1 Å².